The topological polar surface area (TPSA) is 119 Å². The number of hydrogen-bond acceptors (Lipinski definition) is 8. The number of carbonyl (C=O) groups excluding carboxylic acids is 2. The first kappa shape index (κ1) is 12.7. The van der Waals surface area contributed by atoms with Crippen molar-refractivity contribution in [3.63, 3.8) is 0 Å². The molecule has 3 aliphatic rings. The molecule has 0 radical (unpaired) electrons. The van der Waals surface area contributed by atoms with E-state index in [0.29, 0.717) is 6.42 Å². The predicted octanol–water partition coefficient (Wildman–Crippen LogP) is -0.408. The first-order valence-corrected chi connectivity index (χ1v) is 7.40. The summed E-state index contributed by atoms with van der Waals surface area (Å²) in [4.78, 5) is 22.8. The number of hydrogen-bond donors (Lipinski definition) is 0. The number of esters is 1. The third kappa shape index (κ3) is 2.16. The summed E-state index contributed by atoms with van der Waals surface area (Å²) in [6.45, 7) is 0. The summed E-state index contributed by atoms with van der Waals surface area (Å²) >= 11 is 0. The van der Waals surface area contributed by atoms with Crippen LogP contribution in [0.25, 0.3) is 0 Å². The lowest BCUT2D eigenvalue weighted by Crippen LogP contribution is -2.36. The zero-order valence-electron chi connectivity index (χ0n) is 9.68. The van der Waals surface area contributed by atoms with Gasteiger partial charge in [0, 0.05) is 11.8 Å². The zero-order valence-corrected chi connectivity index (χ0v) is 10.5. The van der Waals surface area contributed by atoms with Crippen LogP contribution in [-0.2, 0) is 29.1 Å². The molecule has 9 heteroatoms. The van der Waals surface area contributed by atoms with Gasteiger partial charge in [-0.3, -0.25) is 4.79 Å². The molecule has 3 rings (SSSR count). The average molecular weight is 291 g/mol. The second-order valence-corrected chi connectivity index (χ2v) is 6.41. The van der Waals surface area contributed by atoms with Crippen molar-refractivity contribution in [1.82, 2.24) is 0 Å². The summed E-state index contributed by atoms with van der Waals surface area (Å²) in [5, 5.41) is 0. The van der Waals surface area contributed by atoms with E-state index in [-0.39, 0.29) is 23.7 Å². The van der Waals surface area contributed by atoms with Crippen molar-refractivity contribution < 1.29 is 36.8 Å². The van der Waals surface area contributed by atoms with Crippen LogP contribution in [0.5, 0.6) is 0 Å². The van der Waals surface area contributed by atoms with E-state index in [1.807, 2.05) is 0 Å². The molecule has 8 nitrogen and oxygen atoms in total. The third-order valence-corrected chi connectivity index (χ3v) is 4.37. The molecule has 0 N–H and O–H groups in total. The van der Waals surface area contributed by atoms with Crippen molar-refractivity contribution in [3.8, 4) is 0 Å². The Morgan fingerprint density at radius 1 is 1.42 bits per heavy atom. The van der Waals surface area contributed by atoms with Gasteiger partial charge >= 0.3 is 12.1 Å². The average Bonchev–Trinajstić information content (AvgIpc) is 2.90. The van der Waals surface area contributed by atoms with E-state index in [1.165, 1.54) is 0 Å². The van der Waals surface area contributed by atoms with Gasteiger partial charge in [0.2, 0.25) is 0 Å². The lowest BCUT2D eigenvalue weighted by molar-refractivity contribution is -0.146. The van der Waals surface area contributed by atoms with Crippen LogP contribution in [0.2, 0.25) is 0 Å². The summed E-state index contributed by atoms with van der Waals surface area (Å²) in [6.07, 6.45) is -0.935. The molecular formula is C10H11O8S-. The van der Waals surface area contributed by atoms with Crippen LogP contribution in [0.3, 0.4) is 0 Å². The van der Waals surface area contributed by atoms with Crippen LogP contribution in [0.1, 0.15) is 12.8 Å². The van der Waals surface area contributed by atoms with Gasteiger partial charge < -0.3 is 18.8 Å². The van der Waals surface area contributed by atoms with Crippen LogP contribution in [-0.4, -0.2) is 43.2 Å². The molecule has 0 aromatic carbocycles. The smallest absolute Gasteiger partial charge is 0.509 e. The molecule has 19 heavy (non-hydrogen) atoms. The summed E-state index contributed by atoms with van der Waals surface area (Å²) < 4.78 is 45.3. The SMILES string of the molecule is O=C(OCS(=O)(=O)[O-])OC1C2CC3C(=O)OC1C3C2. The fourth-order valence-corrected chi connectivity index (χ4v) is 3.57. The Morgan fingerprint density at radius 2 is 2.16 bits per heavy atom. The molecule has 5 unspecified atom stereocenters. The minimum absolute atomic E-state index is 0.0304. The molecule has 0 spiro atoms. The van der Waals surface area contributed by atoms with E-state index in [2.05, 4.69) is 4.74 Å². The molecule has 1 saturated heterocycles. The van der Waals surface area contributed by atoms with Gasteiger partial charge in [0.15, 0.2) is 5.94 Å². The van der Waals surface area contributed by atoms with Crippen LogP contribution in [0.15, 0.2) is 0 Å². The van der Waals surface area contributed by atoms with Crippen LogP contribution in [0, 0.1) is 17.8 Å². The first-order valence-electron chi connectivity index (χ1n) is 5.82. The van der Waals surface area contributed by atoms with Gasteiger partial charge in [-0.15, -0.1) is 0 Å². The molecule has 2 aliphatic carbocycles. The second kappa shape index (κ2) is 4.07. The summed E-state index contributed by atoms with van der Waals surface area (Å²) in [5.41, 5.74) is 0. The van der Waals surface area contributed by atoms with Gasteiger partial charge in [-0.25, -0.2) is 13.2 Å². The Kier molecular flexibility index (Phi) is 2.72. The fraction of sp³-hybridized carbons (Fsp3) is 0.800. The molecule has 2 saturated carbocycles. The van der Waals surface area contributed by atoms with Crippen molar-refractivity contribution >= 4 is 22.2 Å². The molecule has 3 fully saturated rings. The van der Waals surface area contributed by atoms with Crippen molar-refractivity contribution in [2.45, 2.75) is 25.0 Å². The maximum Gasteiger partial charge on any atom is 0.509 e. The number of rotatable bonds is 3. The van der Waals surface area contributed by atoms with Gasteiger partial charge in [-0.2, -0.15) is 0 Å². The molecule has 1 aliphatic heterocycles. The van der Waals surface area contributed by atoms with Crippen molar-refractivity contribution in [2.24, 2.45) is 17.8 Å². The Balaban J connectivity index is 1.60. The quantitative estimate of drug-likeness (QED) is 0.508. The predicted molar refractivity (Wildman–Crippen MR) is 55.5 cm³/mol. The minimum Gasteiger partial charge on any atom is -0.745 e. The van der Waals surface area contributed by atoms with E-state index in [1.54, 1.807) is 0 Å². The summed E-state index contributed by atoms with van der Waals surface area (Å²) in [5.74, 6) is -1.53. The minimum atomic E-state index is -4.64. The monoisotopic (exact) mass is 291 g/mol. The van der Waals surface area contributed by atoms with Crippen LogP contribution >= 0.6 is 0 Å². The normalized spacial score (nSPS) is 39.2. The van der Waals surface area contributed by atoms with Gasteiger partial charge in [-0.05, 0) is 12.8 Å². The molecule has 0 aromatic heterocycles. The molecular weight excluding hydrogens is 280 g/mol. The van der Waals surface area contributed by atoms with Crippen LogP contribution in [0.4, 0.5) is 4.79 Å². The Hall–Kier alpha value is -1.35. The van der Waals surface area contributed by atoms with Gasteiger partial charge in [0.1, 0.15) is 22.3 Å². The van der Waals surface area contributed by atoms with E-state index in [9.17, 15) is 22.6 Å². The van der Waals surface area contributed by atoms with Gasteiger partial charge in [0.05, 0.1) is 5.92 Å². The van der Waals surface area contributed by atoms with E-state index in [4.69, 9.17) is 9.47 Å². The molecule has 2 bridgehead atoms. The Labute approximate surface area is 108 Å². The number of ether oxygens (including phenoxy) is 3. The Bertz CT molecular complexity index is 526. The van der Waals surface area contributed by atoms with E-state index in [0.717, 1.165) is 6.42 Å². The lowest BCUT2D eigenvalue weighted by Gasteiger charge is -2.24. The fourth-order valence-electron chi connectivity index (χ4n) is 3.33. The van der Waals surface area contributed by atoms with Gasteiger partial charge in [-0.1, -0.05) is 0 Å². The lowest BCUT2D eigenvalue weighted by atomic mass is 9.88. The van der Waals surface area contributed by atoms with E-state index < -0.39 is 34.4 Å². The summed E-state index contributed by atoms with van der Waals surface area (Å²) in [6, 6.07) is 0. The first-order chi connectivity index (χ1) is 8.85. The maximum absolute atomic E-state index is 11.5. The van der Waals surface area contributed by atoms with Gasteiger partial charge in [0.25, 0.3) is 0 Å². The molecule has 1 heterocycles. The molecule has 0 amide bonds. The largest absolute Gasteiger partial charge is 0.745 e. The van der Waals surface area contributed by atoms with Crippen molar-refractivity contribution in [3.05, 3.63) is 0 Å². The highest BCUT2D eigenvalue weighted by Crippen LogP contribution is 2.55. The highest BCUT2D eigenvalue weighted by molar-refractivity contribution is 7.85. The maximum atomic E-state index is 11.5. The second-order valence-electron chi connectivity index (χ2n) is 5.06. The molecule has 106 valence electrons. The third-order valence-electron chi connectivity index (χ3n) is 3.97. The number of carbonyl (C=O) groups is 2. The highest BCUT2D eigenvalue weighted by atomic mass is 32.2. The molecule has 5 atom stereocenters. The summed E-state index contributed by atoms with van der Waals surface area (Å²) in [7, 11) is -4.64. The van der Waals surface area contributed by atoms with Crippen LogP contribution < -0.4 is 0 Å². The van der Waals surface area contributed by atoms with Crippen molar-refractivity contribution in [2.75, 3.05) is 5.94 Å². The number of fused-ring (bicyclic) bond motifs is 1. The van der Waals surface area contributed by atoms with Crippen molar-refractivity contribution in [1.29, 1.82) is 0 Å². The Morgan fingerprint density at radius 3 is 2.84 bits per heavy atom. The molecule has 0 aromatic rings. The van der Waals surface area contributed by atoms with E-state index >= 15 is 0 Å². The standard InChI is InChI=1S/C10H12O8S/c11-9-6-2-4-1-5(6)8(17-9)7(4)18-10(12)16-3-19(13,14)15/h4-8H,1-3H2,(H,13,14,15)/p-1. The zero-order chi connectivity index (χ0) is 13.8. The highest BCUT2D eigenvalue weighted by Gasteiger charge is 2.63.